The van der Waals surface area contributed by atoms with Crippen molar-refractivity contribution >= 4 is 17.6 Å². The zero-order valence-electron chi connectivity index (χ0n) is 9.20. The summed E-state index contributed by atoms with van der Waals surface area (Å²) >= 11 is 5.82. The molecule has 16 heavy (non-hydrogen) atoms. The number of rotatable bonds is 4. The molecule has 1 aromatic rings. The second-order valence-corrected chi connectivity index (χ2v) is 3.73. The molecule has 0 amide bonds. The summed E-state index contributed by atoms with van der Waals surface area (Å²) in [7, 11) is 2.85. The topological polar surface area (TPSA) is 61.5 Å². The standard InChI is InChI=1S/C11H14ClNO3/c1-15-10-6-8(12)4-3-7(10)5-9(13)11(14)16-2/h3-4,6,9H,5,13H2,1-2H3. The lowest BCUT2D eigenvalue weighted by Crippen LogP contribution is -2.33. The van der Waals surface area contributed by atoms with Crippen LogP contribution in [0.5, 0.6) is 5.75 Å². The van der Waals surface area contributed by atoms with Crippen molar-refractivity contribution in [2.24, 2.45) is 5.73 Å². The second kappa shape index (κ2) is 5.72. The SMILES string of the molecule is COC(=O)C(N)Cc1ccc(Cl)cc1OC. The van der Waals surface area contributed by atoms with Crippen LogP contribution in [0.15, 0.2) is 18.2 Å². The highest BCUT2D eigenvalue weighted by Gasteiger charge is 2.16. The van der Waals surface area contributed by atoms with Crippen LogP contribution in [-0.2, 0) is 16.0 Å². The number of hydrogen-bond donors (Lipinski definition) is 1. The van der Waals surface area contributed by atoms with Gasteiger partial charge in [-0.25, -0.2) is 0 Å². The van der Waals surface area contributed by atoms with Gasteiger partial charge in [-0.2, -0.15) is 0 Å². The van der Waals surface area contributed by atoms with E-state index in [0.717, 1.165) is 5.56 Å². The number of halogens is 1. The lowest BCUT2D eigenvalue weighted by molar-refractivity contribution is -0.142. The largest absolute Gasteiger partial charge is 0.496 e. The molecule has 0 saturated carbocycles. The molecular formula is C11H14ClNO3. The van der Waals surface area contributed by atoms with E-state index in [1.807, 2.05) is 0 Å². The zero-order chi connectivity index (χ0) is 12.1. The van der Waals surface area contributed by atoms with E-state index in [-0.39, 0.29) is 0 Å². The number of hydrogen-bond acceptors (Lipinski definition) is 4. The van der Waals surface area contributed by atoms with Crippen LogP contribution in [0, 0.1) is 0 Å². The van der Waals surface area contributed by atoms with Crippen LogP contribution < -0.4 is 10.5 Å². The van der Waals surface area contributed by atoms with E-state index in [2.05, 4.69) is 4.74 Å². The molecule has 0 spiro atoms. The van der Waals surface area contributed by atoms with Gasteiger partial charge in [-0.1, -0.05) is 17.7 Å². The molecular weight excluding hydrogens is 230 g/mol. The van der Waals surface area contributed by atoms with Crippen LogP contribution in [0.1, 0.15) is 5.56 Å². The van der Waals surface area contributed by atoms with E-state index < -0.39 is 12.0 Å². The predicted octanol–water partition coefficient (Wildman–Crippen LogP) is 1.39. The van der Waals surface area contributed by atoms with E-state index in [1.54, 1.807) is 25.3 Å². The number of esters is 1. The number of carbonyl (C=O) groups excluding carboxylic acids is 1. The summed E-state index contributed by atoms with van der Waals surface area (Å²) in [5.74, 6) is 0.170. The van der Waals surface area contributed by atoms with Crippen LogP contribution in [0.4, 0.5) is 0 Å². The molecule has 5 heteroatoms. The van der Waals surface area contributed by atoms with Crippen molar-refractivity contribution in [3.8, 4) is 5.75 Å². The van der Waals surface area contributed by atoms with Crippen LogP contribution in [0.2, 0.25) is 5.02 Å². The molecule has 1 atom stereocenters. The molecule has 0 radical (unpaired) electrons. The van der Waals surface area contributed by atoms with Crippen molar-refractivity contribution in [2.45, 2.75) is 12.5 Å². The van der Waals surface area contributed by atoms with Gasteiger partial charge in [-0.05, 0) is 17.7 Å². The molecule has 88 valence electrons. The van der Waals surface area contributed by atoms with Gasteiger partial charge in [0.2, 0.25) is 0 Å². The van der Waals surface area contributed by atoms with Crippen molar-refractivity contribution in [2.75, 3.05) is 14.2 Å². The van der Waals surface area contributed by atoms with E-state index >= 15 is 0 Å². The summed E-state index contributed by atoms with van der Waals surface area (Å²) in [5, 5.41) is 0.576. The lowest BCUT2D eigenvalue weighted by Gasteiger charge is -2.12. The molecule has 0 heterocycles. The minimum absolute atomic E-state index is 0.354. The van der Waals surface area contributed by atoms with Crippen LogP contribution in [0.3, 0.4) is 0 Å². The first-order chi connectivity index (χ1) is 7.58. The van der Waals surface area contributed by atoms with E-state index in [0.29, 0.717) is 17.2 Å². The maximum atomic E-state index is 11.2. The number of methoxy groups -OCH3 is 2. The highest BCUT2D eigenvalue weighted by Crippen LogP contribution is 2.24. The minimum atomic E-state index is -0.694. The maximum absolute atomic E-state index is 11.2. The minimum Gasteiger partial charge on any atom is -0.496 e. The Morgan fingerprint density at radius 1 is 1.50 bits per heavy atom. The third-order valence-corrected chi connectivity index (χ3v) is 2.43. The first-order valence-corrected chi connectivity index (χ1v) is 5.12. The molecule has 4 nitrogen and oxygen atoms in total. The van der Waals surface area contributed by atoms with Gasteiger partial charge >= 0.3 is 5.97 Å². The molecule has 0 aliphatic rings. The Bertz CT molecular complexity index is 381. The van der Waals surface area contributed by atoms with Gasteiger partial charge in [0.25, 0.3) is 0 Å². The average Bonchev–Trinajstić information content (AvgIpc) is 2.30. The van der Waals surface area contributed by atoms with Gasteiger partial charge in [0.1, 0.15) is 11.8 Å². The van der Waals surface area contributed by atoms with E-state index in [1.165, 1.54) is 7.11 Å². The van der Waals surface area contributed by atoms with Gasteiger partial charge in [0.15, 0.2) is 0 Å². The average molecular weight is 244 g/mol. The summed E-state index contributed by atoms with van der Waals surface area (Å²) in [4.78, 5) is 11.2. The van der Waals surface area contributed by atoms with E-state index in [4.69, 9.17) is 22.1 Å². The van der Waals surface area contributed by atoms with Crippen LogP contribution in [0.25, 0.3) is 0 Å². The number of benzene rings is 1. The Labute approximate surface area is 99.3 Å². The monoisotopic (exact) mass is 243 g/mol. The van der Waals surface area contributed by atoms with Crippen molar-refractivity contribution in [1.82, 2.24) is 0 Å². The summed E-state index contributed by atoms with van der Waals surface area (Å²) < 4.78 is 9.70. The molecule has 1 unspecified atom stereocenters. The van der Waals surface area contributed by atoms with Crippen LogP contribution in [-0.4, -0.2) is 26.2 Å². The van der Waals surface area contributed by atoms with E-state index in [9.17, 15) is 4.79 Å². The van der Waals surface area contributed by atoms with Crippen molar-refractivity contribution < 1.29 is 14.3 Å². The quantitative estimate of drug-likeness (QED) is 0.812. The summed E-state index contributed by atoms with van der Waals surface area (Å²) in [6.45, 7) is 0. The molecule has 0 saturated heterocycles. The molecule has 1 rings (SSSR count). The highest BCUT2D eigenvalue weighted by atomic mass is 35.5. The van der Waals surface area contributed by atoms with Gasteiger partial charge in [0.05, 0.1) is 14.2 Å². The zero-order valence-corrected chi connectivity index (χ0v) is 9.95. The van der Waals surface area contributed by atoms with Crippen molar-refractivity contribution in [3.63, 3.8) is 0 Å². The first kappa shape index (κ1) is 12.8. The fraction of sp³-hybridized carbons (Fsp3) is 0.364. The Balaban J connectivity index is 2.84. The first-order valence-electron chi connectivity index (χ1n) is 4.74. The van der Waals surface area contributed by atoms with Crippen molar-refractivity contribution in [1.29, 1.82) is 0 Å². The number of carbonyl (C=O) groups is 1. The fourth-order valence-corrected chi connectivity index (χ4v) is 1.52. The molecule has 0 bridgehead atoms. The highest BCUT2D eigenvalue weighted by molar-refractivity contribution is 6.30. The number of ether oxygens (including phenoxy) is 2. The fourth-order valence-electron chi connectivity index (χ4n) is 1.36. The third-order valence-electron chi connectivity index (χ3n) is 2.19. The predicted molar refractivity (Wildman–Crippen MR) is 61.7 cm³/mol. The Morgan fingerprint density at radius 3 is 2.75 bits per heavy atom. The van der Waals surface area contributed by atoms with Crippen LogP contribution >= 0.6 is 11.6 Å². The Hall–Kier alpha value is -1.26. The second-order valence-electron chi connectivity index (χ2n) is 3.29. The Morgan fingerprint density at radius 2 is 2.19 bits per heavy atom. The summed E-state index contributed by atoms with van der Waals surface area (Å²) in [6.07, 6.45) is 0.354. The summed E-state index contributed by atoms with van der Waals surface area (Å²) in [6, 6.07) is 4.49. The van der Waals surface area contributed by atoms with Gasteiger partial charge in [-0.3, -0.25) is 4.79 Å². The third kappa shape index (κ3) is 3.12. The van der Waals surface area contributed by atoms with Gasteiger partial charge in [-0.15, -0.1) is 0 Å². The van der Waals surface area contributed by atoms with Gasteiger partial charge < -0.3 is 15.2 Å². The number of nitrogens with two attached hydrogens (primary N) is 1. The Kier molecular flexibility index (Phi) is 4.58. The molecule has 0 aliphatic carbocycles. The summed E-state index contributed by atoms with van der Waals surface area (Å²) in [5.41, 5.74) is 6.48. The maximum Gasteiger partial charge on any atom is 0.322 e. The molecule has 1 aromatic carbocycles. The smallest absolute Gasteiger partial charge is 0.322 e. The normalized spacial score (nSPS) is 12.0. The van der Waals surface area contributed by atoms with Gasteiger partial charge in [0, 0.05) is 11.4 Å². The molecule has 0 fully saturated rings. The molecule has 0 aromatic heterocycles. The van der Waals surface area contributed by atoms with Crippen molar-refractivity contribution in [3.05, 3.63) is 28.8 Å². The lowest BCUT2D eigenvalue weighted by atomic mass is 10.1. The molecule has 2 N–H and O–H groups in total. The molecule has 0 aliphatic heterocycles.